The highest BCUT2D eigenvalue weighted by Crippen LogP contribution is 2.28. The molecule has 3 heterocycles. The van der Waals surface area contributed by atoms with E-state index in [0.717, 1.165) is 40.5 Å². The third-order valence-electron chi connectivity index (χ3n) is 3.39. The summed E-state index contributed by atoms with van der Waals surface area (Å²) in [5.41, 5.74) is 6.84. The SMILES string of the molecule is NC(=O)Cc1cc2c(cn1)c(I)nn2C1CCCCO1. The molecule has 2 N–H and O–H groups in total. The molecule has 0 aliphatic carbocycles. The molecular formula is C13H15IN4O2. The Morgan fingerprint density at radius 2 is 2.40 bits per heavy atom. The summed E-state index contributed by atoms with van der Waals surface area (Å²) < 4.78 is 8.59. The van der Waals surface area contributed by atoms with Gasteiger partial charge in [-0.05, 0) is 47.9 Å². The van der Waals surface area contributed by atoms with Crippen molar-refractivity contribution in [1.29, 1.82) is 0 Å². The van der Waals surface area contributed by atoms with Crippen molar-refractivity contribution >= 4 is 39.4 Å². The van der Waals surface area contributed by atoms with Crippen molar-refractivity contribution in [1.82, 2.24) is 14.8 Å². The first-order valence-electron chi connectivity index (χ1n) is 6.57. The quantitative estimate of drug-likeness (QED) is 0.816. The van der Waals surface area contributed by atoms with Crippen molar-refractivity contribution < 1.29 is 9.53 Å². The summed E-state index contributed by atoms with van der Waals surface area (Å²) in [4.78, 5) is 15.3. The van der Waals surface area contributed by atoms with Gasteiger partial charge in [-0.3, -0.25) is 9.78 Å². The zero-order valence-corrected chi connectivity index (χ0v) is 13.0. The van der Waals surface area contributed by atoms with Gasteiger partial charge < -0.3 is 10.5 Å². The van der Waals surface area contributed by atoms with Gasteiger partial charge >= 0.3 is 0 Å². The third kappa shape index (κ3) is 2.64. The molecule has 6 nitrogen and oxygen atoms in total. The van der Waals surface area contributed by atoms with Crippen LogP contribution in [0.25, 0.3) is 10.9 Å². The molecular weight excluding hydrogens is 371 g/mol. The van der Waals surface area contributed by atoms with E-state index in [1.807, 2.05) is 10.7 Å². The Morgan fingerprint density at radius 1 is 1.55 bits per heavy atom. The summed E-state index contributed by atoms with van der Waals surface area (Å²) in [5, 5.41) is 5.54. The highest BCUT2D eigenvalue weighted by Gasteiger charge is 2.21. The first-order valence-corrected chi connectivity index (χ1v) is 7.65. The number of nitrogens with zero attached hydrogens (tertiary/aromatic N) is 3. The van der Waals surface area contributed by atoms with Gasteiger partial charge in [0, 0.05) is 12.8 Å². The normalized spacial score (nSPS) is 19.4. The van der Waals surface area contributed by atoms with E-state index in [1.165, 1.54) is 0 Å². The molecule has 1 atom stereocenters. The van der Waals surface area contributed by atoms with Crippen LogP contribution >= 0.6 is 22.6 Å². The number of ether oxygens (including phenoxy) is 1. The van der Waals surface area contributed by atoms with Crippen molar-refractivity contribution in [3.05, 3.63) is 21.7 Å². The van der Waals surface area contributed by atoms with Gasteiger partial charge in [0.15, 0.2) is 6.23 Å². The van der Waals surface area contributed by atoms with E-state index in [2.05, 4.69) is 32.7 Å². The summed E-state index contributed by atoms with van der Waals surface area (Å²) in [6.45, 7) is 0.766. The number of amides is 1. The van der Waals surface area contributed by atoms with Crippen LogP contribution in [0.15, 0.2) is 12.3 Å². The predicted octanol–water partition coefficient (Wildman–Crippen LogP) is 1.76. The summed E-state index contributed by atoms with van der Waals surface area (Å²) in [5.74, 6) is -0.383. The fourth-order valence-electron chi connectivity index (χ4n) is 2.45. The maximum atomic E-state index is 11.0. The Morgan fingerprint density at radius 3 is 3.10 bits per heavy atom. The minimum atomic E-state index is -0.383. The van der Waals surface area contributed by atoms with E-state index in [0.29, 0.717) is 5.69 Å². The zero-order valence-electron chi connectivity index (χ0n) is 10.9. The number of fused-ring (bicyclic) bond motifs is 1. The second kappa shape index (κ2) is 5.65. The molecule has 1 amide bonds. The molecule has 20 heavy (non-hydrogen) atoms. The third-order valence-corrected chi connectivity index (χ3v) is 4.18. The van der Waals surface area contributed by atoms with Gasteiger partial charge in [0.1, 0.15) is 3.70 Å². The van der Waals surface area contributed by atoms with Crippen molar-refractivity contribution in [2.45, 2.75) is 31.9 Å². The Bertz CT molecular complexity index is 649. The smallest absolute Gasteiger partial charge is 0.223 e. The van der Waals surface area contributed by atoms with Crippen LogP contribution in [0, 0.1) is 3.70 Å². The average molecular weight is 386 g/mol. The van der Waals surface area contributed by atoms with Gasteiger partial charge in [0.05, 0.1) is 23.0 Å². The minimum Gasteiger partial charge on any atom is -0.369 e. The van der Waals surface area contributed by atoms with Crippen LogP contribution < -0.4 is 5.73 Å². The number of hydrogen-bond acceptors (Lipinski definition) is 4. The predicted molar refractivity (Wildman–Crippen MR) is 82.0 cm³/mol. The van der Waals surface area contributed by atoms with Gasteiger partial charge in [-0.1, -0.05) is 0 Å². The minimum absolute atomic E-state index is 0.0291. The van der Waals surface area contributed by atoms with Crippen LogP contribution in [-0.4, -0.2) is 27.3 Å². The Labute approximate surface area is 129 Å². The lowest BCUT2D eigenvalue weighted by Gasteiger charge is -2.23. The topological polar surface area (TPSA) is 83.0 Å². The van der Waals surface area contributed by atoms with Gasteiger partial charge in [-0.25, -0.2) is 4.68 Å². The molecule has 0 saturated carbocycles. The number of halogens is 1. The lowest BCUT2D eigenvalue weighted by molar-refractivity contribution is -0.117. The van der Waals surface area contributed by atoms with Crippen LogP contribution in [0.5, 0.6) is 0 Å². The summed E-state index contributed by atoms with van der Waals surface area (Å²) in [6, 6.07) is 1.88. The molecule has 0 radical (unpaired) electrons. The number of hydrogen-bond donors (Lipinski definition) is 1. The lowest BCUT2D eigenvalue weighted by atomic mass is 10.2. The average Bonchev–Trinajstić information content (AvgIpc) is 2.76. The Kier molecular flexibility index (Phi) is 3.88. The van der Waals surface area contributed by atoms with Crippen LogP contribution in [0.2, 0.25) is 0 Å². The Hall–Kier alpha value is -1.22. The van der Waals surface area contributed by atoms with Crippen molar-refractivity contribution in [2.75, 3.05) is 6.61 Å². The van der Waals surface area contributed by atoms with Gasteiger partial charge in [0.2, 0.25) is 5.91 Å². The molecule has 2 aromatic heterocycles. The largest absolute Gasteiger partial charge is 0.369 e. The molecule has 2 aromatic rings. The van der Waals surface area contributed by atoms with Gasteiger partial charge in [-0.15, -0.1) is 0 Å². The number of pyridine rings is 1. The molecule has 0 spiro atoms. The van der Waals surface area contributed by atoms with Crippen molar-refractivity contribution in [3.63, 3.8) is 0 Å². The van der Waals surface area contributed by atoms with Crippen LogP contribution in [0.3, 0.4) is 0 Å². The number of nitrogens with two attached hydrogens (primary N) is 1. The molecule has 1 unspecified atom stereocenters. The second-order valence-electron chi connectivity index (χ2n) is 4.89. The number of rotatable bonds is 3. The molecule has 1 saturated heterocycles. The molecule has 0 bridgehead atoms. The van der Waals surface area contributed by atoms with Gasteiger partial charge in [0.25, 0.3) is 0 Å². The number of primary amides is 1. The van der Waals surface area contributed by atoms with Crippen LogP contribution in [0.4, 0.5) is 0 Å². The highest BCUT2D eigenvalue weighted by atomic mass is 127. The number of carbonyl (C=O) groups excluding carboxylic acids is 1. The molecule has 106 valence electrons. The van der Waals surface area contributed by atoms with Gasteiger partial charge in [-0.2, -0.15) is 5.10 Å². The highest BCUT2D eigenvalue weighted by molar-refractivity contribution is 14.1. The lowest BCUT2D eigenvalue weighted by Crippen LogP contribution is -2.19. The van der Waals surface area contributed by atoms with Crippen molar-refractivity contribution in [2.24, 2.45) is 5.73 Å². The summed E-state index contributed by atoms with van der Waals surface area (Å²) in [6.07, 6.45) is 5.06. The molecule has 0 aromatic carbocycles. The van der Waals surface area contributed by atoms with E-state index >= 15 is 0 Å². The monoisotopic (exact) mass is 386 g/mol. The van der Waals surface area contributed by atoms with E-state index < -0.39 is 0 Å². The standard InChI is InChI=1S/C13H15IN4O2/c14-13-9-7-16-8(6-11(15)19)5-10(9)18(17-13)12-3-1-2-4-20-12/h5,7,12H,1-4,6H2,(H2,15,19). The molecule has 1 aliphatic rings. The molecule has 1 aliphatic heterocycles. The summed E-state index contributed by atoms with van der Waals surface area (Å²) >= 11 is 2.19. The van der Waals surface area contributed by atoms with Crippen LogP contribution in [-0.2, 0) is 16.0 Å². The van der Waals surface area contributed by atoms with E-state index in [9.17, 15) is 4.79 Å². The maximum Gasteiger partial charge on any atom is 0.223 e. The van der Waals surface area contributed by atoms with Crippen molar-refractivity contribution in [3.8, 4) is 0 Å². The number of carbonyl (C=O) groups is 1. The maximum absolute atomic E-state index is 11.0. The second-order valence-corrected chi connectivity index (χ2v) is 5.91. The first-order chi connectivity index (χ1) is 9.65. The van der Waals surface area contributed by atoms with E-state index in [-0.39, 0.29) is 18.6 Å². The molecule has 3 rings (SSSR count). The zero-order chi connectivity index (χ0) is 14.1. The van der Waals surface area contributed by atoms with E-state index in [1.54, 1.807) is 6.20 Å². The Balaban J connectivity index is 2.04. The number of aromatic nitrogens is 3. The first kappa shape index (κ1) is 13.7. The van der Waals surface area contributed by atoms with E-state index in [4.69, 9.17) is 10.5 Å². The fourth-order valence-corrected chi connectivity index (χ4v) is 3.10. The van der Waals surface area contributed by atoms with Crippen LogP contribution in [0.1, 0.15) is 31.2 Å². The molecule has 7 heteroatoms. The fraction of sp³-hybridized carbons (Fsp3) is 0.462. The summed E-state index contributed by atoms with van der Waals surface area (Å²) in [7, 11) is 0. The molecule has 1 fully saturated rings.